The van der Waals surface area contributed by atoms with Crippen molar-refractivity contribution in [3.63, 3.8) is 0 Å². The number of halogens is 1. The molecule has 0 radical (unpaired) electrons. The number of amides is 1. The minimum absolute atomic E-state index is 0. The van der Waals surface area contributed by atoms with E-state index < -0.39 is 0 Å². The van der Waals surface area contributed by atoms with Crippen LogP contribution in [-0.2, 0) is 4.79 Å². The van der Waals surface area contributed by atoms with Gasteiger partial charge in [0, 0.05) is 23.2 Å². The molecule has 1 aliphatic heterocycles. The van der Waals surface area contributed by atoms with Crippen LogP contribution in [-0.4, -0.2) is 28.6 Å². The first-order valence-corrected chi connectivity index (χ1v) is 5.91. The van der Waals surface area contributed by atoms with Gasteiger partial charge < -0.3 is 5.32 Å². The van der Waals surface area contributed by atoms with Crippen LogP contribution >= 0.6 is 35.5 Å². The van der Waals surface area contributed by atoms with E-state index in [1.165, 1.54) is 11.3 Å². The standard InChI is InChI=1S/C7H9N3OS2.ClH/c11-6(5-3-12-4-9-5)10-7-8-1-2-13-7;/h1-2,5,9H,3-4H2,(H,8,10,11);1H/t5-;/m1./s1. The number of thioether (sulfide) groups is 1. The summed E-state index contributed by atoms with van der Waals surface area (Å²) < 4.78 is 0. The van der Waals surface area contributed by atoms with E-state index in [2.05, 4.69) is 15.6 Å². The first-order chi connectivity index (χ1) is 6.36. The van der Waals surface area contributed by atoms with Crippen LogP contribution in [0.4, 0.5) is 5.13 Å². The van der Waals surface area contributed by atoms with Crippen molar-refractivity contribution >= 4 is 46.5 Å². The van der Waals surface area contributed by atoms with Gasteiger partial charge in [-0.1, -0.05) is 0 Å². The molecule has 0 unspecified atom stereocenters. The van der Waals surface area contributed by atoms with E-state index in [0.29, 0.717) is 5.13 Å². The molecule has 2 heterocycles. The maximum atomic E-state index is 11.5. The first kappa shape index (κ1) is 11.8. The van der Waals surface area contributed by atoms with Crippen molar-refractivity contribution in [1.29, 1.82) is 0 Å². The quantitative estimate of drug-likeness (QED) is 0.829. The van der Waals surface area contributed by atoms with E-state index in [9.17, 15) is 4.79 Å². The lowest BCUT2D eigenvalue weighted by atomic mass is 10.3. The third-order valence-corrected chi connectivity index (χ3v) is 3.32. The molecule has 1 aliphatic rings. The summed E-state index contributed by atoms with van der Waals surface area (Å²) >= 11 is 3.17. The fourth-order valence-corrected chi connectivity index (χ4v) is 2.51. The summed E-state index contributed by atoms with van der Waals surface area (Å²) in [5.74, 6) is 1.72. The van der Waals surface area contributed by atoms with Crippen molar-refractivity contribution in [2.45, 2.75) is 6.04 Å². The molecule has 2 rings (SSSR count). The highest BCUT2D eigenvalue weighted by Gasteiger charge is 2.22. The van der Waals surface area contributed by atoms with Crippen LogP contribution in [0.5, 0.6) is 0 Å². The van der Waals surface area contributed by atoms with Gasteiger partial charge in [0.15, 0.2) is 5.13 Å². The highest BCUT2D eigenvalue weighted by Crippen LogP contribution is 2.14. The van der Waals surface area contributed by atoms with Gasteiger partial charge in [0.1, 0.15) is 0 Å². The van der Waals surface area contributed by atoms with Crippen LogP contribution in [0.15, 0.2) is 11.6 Å². The van der Waals surface area contributed by atoms with Crippen molar-refractivity contribution in [1.82, 2.24) is 10.3 Å². The summed E-state index contributed by atoms with van der Waals surface area (Å²) in [6, 6.07) is -0.0612. The van der Waals surface area contributed by atoms with Crippen LogP contribution < -0.4 is 10.6 Å². The summed E-state index contributed by atoms with van der Waals surface area (Å²) in [5, 5.41) is 8.36. The van der Waals surface area contributed by atoms with E-state index in [1.54, 1.807) is 18.0 Å². The third kappa shape index (κ3) is 2.84. The van der Waals surface area contributed by atoms with Gasteiger partial charge >= 0.3 is 0 Å². The van der Waals surface area contributed by atoms with Gasteiger partial charge in [-0.3, -0.25) is 10.1 Å². The van der Waals surface area contributed by atoms with Gasteiger partial charge in [-0.05, 0) is 0 Å². The summed E-state index contributed by atoms with van der Waals surface area (Å²) in [6.45, 7) is 0. The highest BCUT2D eigenvalue weighted by molar-refractivity contribution is 7.99. The van der Waals surface area contributed by atoms with Crippen LogP contribution in [0.3, 0.4) is 0 Å². The third-order valence-electron chi connectivity index (χ3n) is 1.70. The van der Waals surface area contributed by atoms with Crippen molar-refractivity contribution in [3.8, 4) is 0 Å². The SMILES string of the molecule is Cl.O=C(Nc1nccs1)[C@H]1CSCN1. The second kappa shape index (κ2) is 5.55. The van der Waals surface area contributed by atoms with E-state index in [1.807, 2.05) is 5.38 Å². The molecule has 4 nitrogen and oxygen atoms in total. The Morgan fingerprint density at radius 3 is 3.14 bits per heavy atom. The number of anilines is 1. The number of hydrogen-bond donors (Lipinski definition) is 2. The average molecular weight is 252 g/mol. The Kier molecular flexibility index (Phi) is 4.67. The number of rotatable bonds is 2. The molecule has 78 valence electrons. The predicted molar refractivity (Wildman–Crippen MR) is 62.2 cm³/mol. The molecule has 1 aromatic rings. The fraction of sp³-hybridized carbons (Fsp3) is 0.429. The van der Waals surface area contributed by atoms with E-state index in [-0.39, 0.29) is 24.4 Å². The van der Waals surface area contributed by atoms with Gasteiger partial charge in [0.25, 0.3) is 0 Å². The van der Waals surface area contributed by atoms with Gasteiger partial charge in [-0.15, -0.1) is 35.5 Å². The Labute approximate surface area is 96.3 Å². The van der Waals surface area contributed by atoms with E-state index in [4.69, 9.17) is 0 Å². The van der Waals surface area contributed by atoms with Crippen molar-refractivity contribution in [2.24, 2.45) is 0 Å². The normalized spacial score (nSPS) is 20.1. The van der Waals surface area contributed by atoms with Crippen molar-refractivity contribution in [2.75, 3.05) is 16.9 Å². The van der Waals surface area contributed by atoms with Gasteiger partial charge in [0.2, 0.25) is 5.91 Å². The number of thiazole rings is 1. The predicted octanol–water partition coefficient (Wildman–Crippen LogP) is 1.17. The number of nitrogens with zero attached hydrogens (tertiary/aromatic N) is 1. The molecule has 14 heavy (non-hydrogen) atoms. The second-order valence-corrected chi connectivity index (χ2v) is 4.52. The van der Waals surface area contributed by atoms with Crippen LogP contribution in [0, 0.1) is 0 Å². The zero-order chi connectivity index (χ0) is 9.10. The molecule has 0 saturated carbocycles. The summed E-state index contributed by atoms with van der Waals surface area (Å²) in [7, 11) is 0. The average Bonchev–Trinajstić information content (AvgIpc) is 2.74. The molecule has 0 aromatic carbocycles. The van der Waals surface area contributed by atoms with Crippen LogP contribution in [0.2, 0.25) is 0 Å². The number of nitrogens with one attached hydrogen (secondary N) is 2. The molecule has 0 spiro atoms. The first-order valence-electron chi connectivity index (χ1n) is 3.88. The number of carbonyl (C=O) groups is 1. The Bertz CT molecular complexity index is 287. The molecule has 0 aliphatic carbocycles. The summed E-state index contributed by atoms with van der Waals surface area (Å²) in [4.78, 5) is 15.5. The second-order valence-electron chi connectivity index (χ2n) is 2.60. The zero-order valence-electron chi connectivity index (χ0n) is 7.23. The lowest BCUT2D eigenvalue weighted by Crippen LogP contribution is -2.37. The zero-order valence-corrected chi connectivity index (χ0v) is 9.68. The molecule has 7 heteroatoms. The largest absolute Gasteiger partial charge is 0.301 e. The minimum atomic E-state index is -0.0612. The van der Waals surface area contributed by atoms with E-state index >= 15 is 0 Å². The van der Waals surface area contributed by atoms with Crippen LogP contribution in [0.1, 0.15) is 0 Å². The number of aromatic nitrogens is 1. The Balaban J connectivity index is 0.000000980. The summed E-state index contributed by atoms with van der Waals surface area (Å²) in [6.07, 6.45) is 1.68. The van der Waals surface area contributed by atoms with Gasteiger partial charge in [-0.25, -0.2) is 4.98 Å². The fourth-order valence-electron chi connectivity index (χ4n) is 1.04. The molecule has 1 saturated heterocycles. The maximum Gasteiger partial charge on any atom is 0.244 e. The molecule has 0 bridgehead atoms. The Morgan fingerprint density at radius 1 is 1.71 bits per heavy atom. The molecule has 1 fully saturated rings. The Hall–Kier alpha value is -0.300. The molecule has 1 amide bonds. The molecule has 1 aromatic heterocycles. The van der Waals surface area contributed by atoms with Crippen LogP contribution in [0.25, 0.3) is 0 Å². The van der Waals surface area contributed by atoms with Crippen molar-refractivity contribution in [3.05, 3.63) is 11.6 Å². The molecular weight excluding hydrogens is 242 g/mol. The number of hydrogen-bond acceptors (Lipinski definition) is 5. The maximum absolute atomic E-state index is 11.5. The van der Waals surface area contributed by atoms with Gasteiger partial charge in [-0.2, -0.15) is 0 Å². The number of carbonyl (C=O) groups excluding carboxylic acids is 1. The molecule has 1 atom stereocenters. The lowest BCUT2D eigenvalue weighted by Gasteiger charge is -2.07. The summed E-state index contributed by atoms with van der Waals surface area (Å²) in [5.41, 5.74) is 0. The van der Waals surface area contributed by atoms with Gasteiger partial charge in [0.05, 0.1) is 6.04 Å². The minimum Gasteiger partial charge on any atom is -0.301 e. The Morgan fingerprint density at radius 2 is 2.57 bits per heavy atom. The van der Waals surface area contributed by atoms with Crippen molar-refractivity contribution < 1.29 is 4.79 Å². The lowest BCUT2D eigenvalue weighted by molar-refractivity contribution is -0.117. The smallest absolute Gasteiger partial charge is 0.244 e. The topological polar surface area (TPSA) is 54.0 Å². The molecule has 2 N–H and O–H groups in total. The highest BCUT2D eigenvalue weighted by atomic mass is 35.5. The monoisotopic (exact) mass is 251 g/mol. The van der Waals surface area contributed by atoms with E-state index in [0.717, 1.165) is 11.6 Å². The molecular formula is C7H10ClN3OS2.